The molecule has 22 heavy (non-hydrogen) atoms. The third kappa shape index (κ3) is 4.25. The molecular formula is C15H21N5OS. The molecule has 6 nitrogen and oxygen atoms in total. The number of nitrogens with two attached hydrogens (primary N) is 1. The molecule has 0 aromatic heterocycles. The lowest BCUT2D eigenvalue weighted by atomic mass is 10.2. The van der Waals surface area contributed by atoms with Crippen LogP contribution in [0.2, 0.25) is 0 Å². The van der Waals surface area contributed by atoms with Gasteiger partial charge in [-0.1, -0.05) is 24.4 Å². The van der Waals surface area contributed by atoms with Gasteiger partial charge in [-0.25, -0.2) is 0 Å². The minimum Gasteiger partial charge on any atom is -0.388 e. The van der Waals surface area contributed by atoms with E-state index in [1.807, 2.05) is 38.2 Å². The average molecular weight is 319 g/mol. The highest BCUT2D eigenvalue weighted by molar-refractivity contribution is 7.82. The molecule has 0 saturated carbocycles. The van der Waals surface area contributed by atoms with Gasteiger partial charge in [-0.3, -0.25) is 10.2 Å². The molecule has 0 radical (unpaired) electrons. The Morgan fingerprint density at radius 2 is 2.00 bits per heavy atom. The fourth-order valence-corrected chi connectivity index (χ4v) is 2.34. The zero-order valence-electron chi connectivity index (χ0n) is 12.9. The van der Waals surface area contributed by atoms with Gasteiger partial charge in [-0.2, -0.15) is 5.10 Å². The van der Waals surface area contributed by atoms with Crippen LogP contribution in [0.4, 0.5) is 5.69 Å². The molecule has 1 fully saturated rings. The van der Waals surface area contributed by atoms with E-state index in [0.717, 1.165) is 24.3 Å². The normalized spacial score (nSPS) is 16.5. The Balaban J connectivity index is 2.10. The number of anilines is 1. The van der Waals surface area contributed by atoms with E-state index < -0.39 is 0 Å². The molecule has 1 aliphatic heterocycles. The molecule has 1 saturated heterocycles. The number of likely N-dealkylation sites (N-methyl/N-ethyl adjacent to an activating group) is 1. The number of rotatable bonds is 4. The van der Waals surface area contributed by atoms with Gasteiger partial charge in [0.2, 0.25) is 0 Å². The van der Waals surface area contributed by atoms with Gasteiger partial charge in [0.1, 0.15) is 4.99 Å². The largest absolute Gasteiger partial charge is 0.388 e. The summed E-state index contributed by atoms with van der Waals surface area (Å²) in [5, 5.41) is 4.12. The predicted octanol–water partition coefficient (Wildman–Crippen LogP) is 0.823. The van der Waals surface area contributed by atoms with E-state index in [1.165, 1.54) is 0 Å². The molecule has 0 unspecified atom stereocenters. The van der Waals surface area contributed by atoms with Crippen molar-refractivity contribution in [1.29, 1.82) is 0 Å². The number of hydrazone groups is 1. The summed E-state index contributed by atoms with van der Waals surface area (Å²) >= 11 is 4.98. The van der Waals surface area contributed by atoms with Crippen LogP contribution >= 0.6 is 12.2 Å². The fraction of sp³-hybridized carbons (Fsp3) is 0.400. The number of hydrogen-bond acceptors (Lipinski definition) is 5. The first-order chi connectivity index (χ1) is 10.5. The van der Waals surface area contributed by atoms with E-state index in [1.54, 1.807) is 4.90 Å². The molecule has 1 aromatic carbocycles. The molecule has 0 atom stereocenters. The van der Waals surface area contributed by atoms with Gasteiger partial charge < -0.3 is 15.5 Å². The van der Waals surface area contributed by atoms with Crippen molar-refractivity contribution in [2.75, 3.05) is 38.7 Å². The van der Waals surface area contributed by atoms with Gasteiger partial charge in [0.05, 0.1) is 5.69 Å². The monoisotopic (exact) mass is 319 g/mol. The molecule has 1 aliphatic rings. The molecular weight excluding hydrogens is 298 g/mol. The summed E-state index contributed by atoms with van der Waals surface area (Å²) in [6, 6.07) is 7.70. The van der Waals surface area contributed by atoms with Crippen LogP contribution in [-0.4, -0.2) is 59.6 Å². The van der Waals surface area contributed by atoms with Crippen LogP contribution in [0.5, 0.6) is 0 Å². The third-order valence-corrected chi connectivity index (χ3v) is 3.73. The highest BCUT2D eigenvalue weighted by Gasteiger charge is 2.25. The maximum Gasteiger partial charge on any atom is 0.277 e. The molecule has 1 amide bonds. The molecule has 0 bridgehead atoms. The first-order valence-electron chi connectivity index (χ1n) is 7.15. The van der Waals surface area contributed by atoms with Crippen LogP contribution in [0, 0.1) is 6.92 Å². The maximum absolute atomic E-state index is 12.5. The van der Waals surface area contributed by atoms with Crippen LogP contribution in [0.1, 0.15) is 5.56 Å². The smallest absolute Gasteiger partial charge is 0.277 e. The second kappa shape index (κ2) is 7.33. The Kier molecular flexibility index (Phi) is 5.46. The second-order valence-corrected chi connectivity index (χ2v) is 5.84. The first kappa shape index (κ1) is 16.4. The highest BCUT2D eigenvalue weighted by Crippen LogP contribution is 2.10. The molecule has 0 aliphatic carbocycles. The summed E-state index contributed by atoms with van der Waals surface area (Å²) in [5.74, 6) is -0.222. The molecule has 3 N–H and O–H groups in total. The number of hydrogen-bond donors (Lipinski definition) is 2. The topological polar surface area (TPSA) is 74.0 Å². The Labute approximate surface area is 136 Å². The summed E-state index contributed by atoms with van der Waals surface area (Å²) in [6.45, 7) is 4.96. The van der Waals surface area contributed by atoms with Crippen molar-refractivity contribution in [2.45, 2.75) is 6.92 Å². The molecule has 7 heteroatoms. The van der Waals surface area contributed by atoms with E-state index in [0.29, 0.717) is 13.1 Å². The summed E-state index contributed by atoms with van der Waals surface area (Å²) in [6.07, 6.45) is 0. The summed E-state index contributed by atoms with van der Waals surface area (Å²) in [4.78, 5) is 16.4. The minimum absolute atomic E-state index is 0.00378. The van der Waals surface area contributed by atoms with Crippen LogP contribution in [0.3, 0.4) is 0 Å². The lowest BCUT2D eigenvalue weighted by Gasteiger charge is -2.32. The first-order valence-corrected chi connectivity index (χ1v) is 7.56. The molecule has 2 rings (SSSR count). The third-order valence-electron chi connectivity index (χ3n) is 3.54. The standard InChI is InChI=1S/C15H21N5OS/c1-11-4-3-5-12(10-11)17-18-13(14(16)22)15(21)20-8-6-19(2)7-9-20/h3-5,10,17H,6-9H2,1-2H3,(H2,16,22)/b18-13-. The summed E-state index contributed by atoms with van der Waals surface area (Å²) in [5.41, 5.74) is 10.5. The van der Waals surface area contributed by atoms with Crippen LogP contribution in [0.15, 0.2) is 29.4 Å². The quantitative estimate of drug-likeness (QED) is 0.488. The minimum atomic E-state index is -0.222. The molecule has 0 spiro atoms. The lowest BCUT2D eigenvalue weighted by molar-refractivity contribution is -0.125. The molecule has 118 valence electrons. The van der Waals surface area contributed by atoms with Gasteiger partial charge in [-0.05, 0) is 31.7 Å². The van der Waals surface area contributed by atoms with Crippen LogP contribution in [-0.2, 0) is 4.79 Å². The van der Waals surface area contributed by atoms with Crippen molar-refractivity contribution >= 4 is 34.5 Å². The van der Waals surface area contributed by atoms with E-state index in [-0.39, 0.29) is 16.6 Å². The van der Waals surface area contributed by atoms with Crippen LogP contribution < -0.4 is 11.2 Å². The van der Waals surface area contributed by atoms with E-state index >= 15 is 0 Å². The average Bonchev–Trinajstić information content (AvgIpc) is 2.47. The van der Waals surface area contributed by atoms with Gasteiger partial charge in [0, 0.05) is 26.2 Å². The van der Waals surface area contributed by atoms with E-state index in [4.69, 9.17) is 18.0 Å². The van der Waals surface area contributed by atoms with Crippen molar-refractivity contribution in [3.8, 4) is 0 Å². The zero-order valence-corrected chi connectivity index (χ0v) is 13.7. The highest BCUT2D eigenvalue weighted by atomic mass is 32.1. The number of carbonyl (C=O) groups is 1. The van der Waals surface area contributed by atoms with Gasteiger partial charge in [0.25, 0.3) is 5.91 Å². The van der Waals surface area contributed by atoms with Gasteiger partial charge >= 0.3 is 0 Å². The van der Waals surface area contributed by atoms with Crippen molar-refractivity contribution < 1.29 is 4.79 Å². The SMILES string of the molecule is Cc1cccc(N/N=C(\C(=O)N2CCN(C)CC2)C(N)=S)c1. The Bertz CT molecular complexity index is 593. The predicted molar refractivity (Wildman–Crippen MR) is 93.1 cm³/mol. The Morgan fingerprint density at radius 1 is 1.32 bits per heavy atom. The number of piperazine rings is 1. The van der Waals surface area contributed by atoms with Crippen molar-refractivity contribution in [3.05, 3.63) is 29.8 Å². The van der Waals surface area contributed by atoms with Gasteiger partial charge in [-0.15, -0.1) is 0 Å². The summed E-state index contributed by atoms with van der Waals surface area (Å²) in [7, 11) is 2.03. The van der Waals surface area contributed by atoms with Crippen LogP contribution in [0.25, 0.3) is 0 Å². The van der Waals surface area contributed by atoms with Crippen molar-refractivity contribution in [3.63, 3.8) is 0 Å². The second-order valence-electron chi connectivity index (χ2n) is 5.40. The van der Waals surface area contributed by atoms with Crippen molar-refractivity contribution in [1.82, 2.24) is 9.80 Å². The summed E-state index contributed by atoms with van der Waals surface area (Å²) < 4.78 is 0. The molecule has 1 heterocycles. The number of benzene rings is 1. The number of carbonyl (C=O) groups excluding carboxylic acids is 1. The lowest BCUT2D eigenvalue weighted by Crippen LogP contribution is -2.51. The Morgan fingerprint density at radius 3 is 2.59 bits per heavy atom. The number of amides is 1. The number of thiocarbonyl (C=S) groups is 1. The fourth-order valence-electron chi connectivity index (χ4n) is 2.20. The van der Waals surface area contributed by atoms with Crippen molar-refractivity contribution in [2.24, 2.45) is 10.8 Å². The van der Waals surface area contributed by atoms with E-state index in [2.05, 4.69) is 15.4 Å². The number of nitrogens with zero attached hydrogens (tertiary/aromatic N) is 3. The van der Waals surface area contributed by atoms with Gasteiger partial charge in [0.15, 0.2) is 5.71 Å². The maximum atomic E-state index is 12.5. The van der Waals surface area contributed by atoms with E-state index in [9.17, 15) is 4.79 Å². The Hall–Kier alpha value is -1.99. The zero-order chi connectivity index (χ0) is 16.1. The number of nitrogens with one attached hydrogen (secondary N) is 1. The molecule has 1 aromatic rings. The number of aryl methyl sites for hydroxylation is 1.